The first-order valence-corrected chi connectivity index (χ1v) is 14.5. The van der Waals surface area contributed by atoms with Crippen LogP contribution in [0.3, 0.4) is 0 Å². The Hall–Kier alpha value is -3.42. The lowest BCUT2D eigenvalue weighted by molar-refractivity contribution is -0.114. The minimum atomic E-state index is -0.331. The Morgan fingerprint density at radius 2 is 1.64 bits per heavy atom. The first-order chi connectivity index (χ1) is 19.1. The molecule has 2 heterocycles. The van der Waals surface area contributed by atoms with E-state index in [1.807, 2.05) is 42.5 Å². The summed E-state index contributed by atoms with van der Waals surface area (Å²) in [6, 6.07) is 21.5. The van der Waals surface area contributed by atoms with Gasteiger partial charge in [0.1, 0.15) is 5.82 Å². The number of carbonyl (C=O) groups is 2. The van der Waals surface area contributed by atoms with Crippen molar-refractivity contribution in [3.63, 3.8) is 0 Å². The molecule has 1 fully saturated rings. The molecule has 39 heavy (non-hydrogen) atoms. The van der Waals surface area contributed by atoms with Gasteiger partial charge in [0.25, 0.3) is 11.8 Å². The molecule has 5 nitrogen and oxygen atoms in total. The van der Waals surface area contributed by atoms with Crippen molar-refractivity contribution in [3.05, 3.63) is 100 Å². The monoisotopic (exact) mass is 543 g/mol. The van der Waals surface area contributed by atoms with Crippen LogP contribution in [0.1, 0.15) is 53.6 Å². The van der Waals surface area contributed by atoms with Crippen LogP contribution in [-0.4, -0.2) is 42.9 Å². The molecule has 2 aliphatic heterocycles. The Morgan fingerprint density at radius 3 is 2.41 bits per heavy atom. The molecule has 0 atom stereocenters. The average molecular weight is 544 g/mol. The predicted octanol–water partition coefficient (Wildman–Crippen LogP) is 6.50. The van der Waals surface area contributed by atoms with Gasteiger partial charge >= 0.3 is 0 Å². The highest BCUT2D eigenvalue weighted by Gasteiger charge is 2.29. The van der Waals surface area contributed by atoms with Crippen molar-refractivity contribution in [2.24, 2.45) is 0 Å². The Labute approximate surface area is 234 Å². The van der Waals surface area contributed by atoms with Gasteiger partial charge in [-0.15, -0.1) is 0 Å². The molecule has 3 aromatic rings. The summed E-state index contributed by atoms with van der Waals surface area (Å²) >= 11 is 1.41. The van der Waals surface area contributed by atoms with Crippen molar-refractivity contribution in [1.82, 2.24) is 10.2 Å². The highest BCUT2D eigenvalue weighted by molar-refractivity contribution is 8.04. The van der Waals surface area contributed by atoms with Crippen molar-refractivity contribution >= 4 is 35.3 Å². The van der Waals surface area contributed by atoms with Gasteiger partial charge < -0.3 is 15.1 Å². The number of para-hydroxylation sites is 1. The lowest BCUT2D eigenvalue weighted by Crippen LogP contribution is -2.34. The van der Waals surface area contributed by atoms with Crippen molar-refractivity contribution < 1.29 is 14.0 Å². The summed E-state index contributed by atoms with van der Waals surface area (Å²) in [6.07, 6.45) is 7.97. The van der Waals surface area contributed by atoms with Crippen molar-refractivity contribution in [2.75, 3.05) is 31.1 Å². The van der Waals surface area contributed by atoms with E-state index in [0.717, 1.165) is 42.2 Å². The molecule has 0 bridgehead atoms. The summed E-state index contributed by atoms with van der Waals surface area (Å²) in [5.41, 5.74) is 2.67. The van der Waals surface area contributed by atoms with E-state index < -0.39 is 0 Å². The molecule has 3 aromatic carbocycles. The number of likely N-dealkylation sites (tertiary alicyclic amines) is 1. The number of benzene rings is 3. The number of hydrogen-bond donors (Lipinski definition) is 1. The van der Waals surface area contributed by atoms with Gasteiger partial charge in [-0.25, -0.2) is 4.39 Å². The maximum atomic E-state index is 14.4. The normalized spacial score (nSPS) is 17.1. The third-order valence-electron chi connectivity index (χ3n) is 7.22. The molecule has 1 N–H and O–H groups in total. The second kappa shape index (κ2) is 13.1. The number of hydrogen-bond acceptors (Lipinski definition) is 4. The number of amides is 2. The number of fused-ring (bicyclic) bond motifs is 1. The van der Waals surface area contributed by atoms with E-state index in [-0.39, 0.29) is 24.2 Å². The summed E-state index contributed by atoms with van der Waals surface area (Å²) < 4.78 is 14.4. The zero-order chi connectivity index (χ0) is 27.0. The van der Waals surface area contributed by atoms with Gasteiger partial charge in [-0.2, -0.15) is 0 Å². The first-order valence-electron chi connectivity index (χ1n) is 13.7. The Bertz CT molecular complexity index is 1330. The van der Waals surface area contributed by atoms with Gasteiger partial charge in [-0.05, 0) is 80.9 Å². The molecule has 0 spiro atoms. The van der Waals surface area contributed by atoms with Gasteiger partial charge in [-0.1, -0.05) is 67.1 Å². The number of rotatable bonds is 8. The van der Waals surface area contributed by atoms with Crippen LogP contribution in [0, 0.1) is 5.82 Å². The zero-order valence-electron chi connectivity index (χ0n) is 22.1. The summed E-state index contributed by atoms with van der Waals surface area (Å²) in [7, 11) is 0. The first kappa shape index (κ1) is 27.2. The smallest absolute Gasteiger partial charge is 0.265 e. The Balaban J connectivity index is 1.23. The molecule has 0 aromatic heterocycles. The van der Waals surface area contributed by atoms with E-state index >= 15 is 0 Å². The maximum absolute atomic E-state index is 14.4. The minimum Gasteiger partial charge on any atom is -0.352 e. The summed E-state index contributed by atoms with van der Waals surface area (Å²) in [6.45, 7) is 4.16. The second-order valence-corrected chi connectivity index (χ2v) is 11.1. The van der Waals surface area contributed by atoms with Crippen LogP contribution in [0.2, 0.25) is 0 Å². The highest BCUT2D eigenvalue weighted by atomic mass is 32.2. The molecule has 0 saturated carbocycles. The van der Waals surface area contributed by atoms with Gasteiger partial charge in [-0.3, -0.25) is 9.59 Å². The number of anilines is 1. The summed E-state index contributed by atoms with van der Waals surface area (Å²) in [4.78, 5) is 31.8. The average Bonchev–Trinajstić information content (AvgIpc) is 3.23. The van der Waals surface area contributed by atoms with Crippen LogP contribution >= 0.6 is 11.8 Å². The number of nitrogens with one attached hydrogen (secondary N) is 1. The van der Waals surface area contributed by atoms with Crippen LogP contribution in [0.4, 0.5) is 10.1 Å². The minimum absolute atomic E-state index is 0.0850. The van der Waals surface area contributed by atoms with Crippen molar-refractivity contribution in [3.8, 4) is 0 Å². The third-order valence-corrected chi connectivity index (χ3v) is 8.30. The maximum Gasteiger partial charge on any atom is 0.265 e. The Kier molecular flexibility index (Phi) is 9.12. The van der Waals surface area contributed by atoms with E-state index in [4.69, 9.17) is 0 Å². The van der Waals surface area contributed by atoms with Crippen molar-refractivity contribution in [2.45, 2.75) is 43.5 Å². The fourth-order valence-electron chi connectivity index (χ4n) is 5.06. The summed E-state index contributed by atoms with van der Waals surface area (Å²) in [5, 5.41) is 3.03. The molecule has 202 valence electrons. The topological polar surface area (TPSA) is 52.7 Å². The molecule has 2 amide bonds. The molecule has 0 radical (unpaired) electrons. The lowest BCUT2D eigenvalue weighted by Gasteiger charge is -2.30. The number of halogens is 1. The molecule has 0 aliphatic carbocycles. The number of nitrogens with zero attached hydrogens (tertiary/aromatic N) is 2. The van der Waals surface area contributed by atoms with Gasteiger partial charge in [0.2, 0.25) is 0 Å². The van der Waals surface area contributed by atoms with Crippen LogP contribution in [0.25, 0.3) is 6.08 Å². The van der Waals surface area contributed by atoms with E-state index in [0.29, 0.717) is 22.6 Å². The predicted molar refractivity (Wildman–Crippen MR) is 156 cm³/mol. The highest BCUT2D eigenvalue weighted by Crippen LogP contribution is 2.42. The lowest BCUT2D eigenvalue weighted by atomic mass is 10.1. The van der Waals surface area contributed by atoms with E-state index in [2.05, 4.69) is 10.2 Å². The van der Waals surface area contributed by atoms with Crippen molar-refractivity contribution in [1.29, 1.82) is 0 Å². The summed E-state index contributed by atoms with van der Waals surface area (Å²) in [5.74, 6) is -0.589. The second-order valence-electron chi connectivity index (χ2n) is 10.0. The van der Waals surface area contributed by atoms with Gasteiger partial charge in [0.05, 0.1) is 17.1 Å². The fraction of sp³-hybridized carbons (Fsp3) is 0.312. The van der Waals surface area contributed by atoms with Crippen LogP contribution < -0.4 is 10.2 Å². The van der Waals surface area contributed by atoms with Crippen LogP contribution in [0.15, 0.2) is 82.6 Å². The molecular formula is C32H34FN3O2S. The van der Waals surface area contributed by atoms with E-state index in [1.54, 1.807) is 35.2 Å². The van der Waals surface area contributed by atoms with Crippen LogP contribution in [0.5, 0.6) is 0 Å². The number of carbonyl (C=O) groups excluding carboxylic acids is 2. The molecule has 0 unspecified atom stereocenters. The molecule has 1 saturated heterocycles. The molecule has 2 aliphatic rings. The third kappa shape index (κ3) is 6.97. The zero-order valence-corrected chi connectivity index (χ0v) is 22.9. The standard InChI is InChI=1S/C32H34FN3O2S/c33-27-11-4-3-10-26(27)23-36-28-12-5-6-13-29(28)39-30(32(36)38)22-24-14-16-25(17-15-24)31(37)34-18-9-21-35-19-7-1-2-8-20-35/h3-6,10-17,22H,1-2,7-9,18-21,23H2,(H,34,37). The van der Waals surface area contributed by atoms with E-state index in [1.165, 1.54) is 43.5 Å². The van der Waals surface area contributed by atoms with Gasteiger partial charge in [0, 0.05) is 22.6 Å². The quantitative estimate of drug-likeness (QED) is 0.260. The fourth-order valence-corrected chi connectivity index (χ4v) is 6.12. The van der Waals surface area contributed by atoms with Gasteiger partial charge in [0.15, 0.2) is 0 Å². The van der Waals surface area contributed by atoms with Crippen LogP contribution in [-0.2, 0) is 11.3 Å². The number of thioether (sulfide) groups is 1. The van der Waals surface area contributed by atoms with E-state index in [9.17, 15) is 14.0 Å². The Morgan fingerprint density at radius 1 is 0.923 bits per heavy atom. The largest absolute Gasteiger partial charge is 0.352 e. The molecule has 5 rings (SSSR count). The molecular weight excluding hydrogens is 509 g/mol. The SMILES string of the molecule is O=C(NCCCN1CCCCCC1)c1ccc(C=C2Sc3ccccc3N(Cc3ccccc3F)C2=O)cc1. The molecule has 7 heteroatoms.